The third-order valence-electron chi connectivity index (χ3n) is 1.81. The Bertz CT molecular complexity index is 617. The minimum atomic E-state index is -0.713. The normalized spacial score (nSPS) is 10.7. The Morgan fingerprint density at radius 2 is 1.93 bits per heavy atom. The number of rotatable bonds is 0. The molecule has 0 atom stereocenters. The van der Waals surface area contributed by atoms with Crippen LogP contribution in [0.15, 0.2) is 21.7 Å². The first-order valence-corrected chi connectivity index (χ1v) is 4.07. The fourth-order valence-corrected chi connectivity index (χ4v) is 1.39. The highest BCUT2D eigenvalue weighted by Gasteiger charge is 2.08. The molecular weight excluding hydrogens is 211 g/mol. The molecular formula is C8H4ClFN2O2. The van der Waals surface area contributed by atoms with Crippen molar-refractivity contribution in [2.75, 3.05) is 0 Å². The maximum Gasteiger partial charge on any atom is 0.326 e. The zero-order valence-corrected chi connectivity index (χ0v) is 7.48. The van der Waals surface area contributed by atoms with Crippen LogP contribution >= 0.6 is 11.6 Å². The van der Waals surface area contributed by atoms with Crippen LogP contribution in [0.3, 0.4) is 0 Å². The highest BCUT2D eigenvalue weighted by atomic mass is 35.5. The number of aromatic nitrogens is 2. The SMILES string of the molecule is O=c1[nH]c(=O)c2ccc(F)c(Cl)c2[nH]1. The van der Waals surface area contributed by atoms with Crippen molar-refractivity contribution in [2.45, 2.75) is 0 Å². The molecule has 1 heterocycles. The topological polar surface area (TPSA) is 65.7 Å². The van der Waals surface area contributed by atoms with Crippen LogP contribution in [0.1, 0.15) is 0 Å². The summed E-state index contributed by atoms with van der Waals surface area (Å²) in [6.45, 7) is 0. The van der Waals surface area contributed by atoms with E-state index in [-0.39, 0.29) is 15.9 Å². The summed E-state index contributed by atoms with van der Waals surface area (Å²) in [6, 6.07) is 2.32. The quantitative estimate of drug-likeness (QED) is 0.687. The van der Waals surface area contributed by atoms with E-state index in [9.17, 15) is 14.0 Å². The second-order valence-corrected chi connectivity index (χ2v) is 3.07. The smallest absolute Gasteiger partial charge is 0.305 e. The third-order valence-corrected chi connectivity index (χ3v) is 2.17. The van der Waals surface area contributed by atoms with Gasteiger partial charge in [-0.3, -0.25) is 9.78 Å². The molecule has 2 aromatic rings. The number of H-pyrrole nitrogens is 2. The summed E-state index contributed by atoms with van der Waals surface area (Å²) in [5.41, 5.74) is -1.29. The molecule has 0 radical (unpaired) electrons. The van der Waals surface area contributed by atoms with Gasteiger partial charge in [-0.05, 0) is 12.1 Å². The van der Waals surface area contributed by atoms with Gasteiger partial charge in [-0.25, -0.2) is 9.18 Å². The van der Waals surface area contributed by atoms with Gasteiger partial charge in [0.1, 0.15) is 10.8 Å². The van der Waals surface area contributed by atoms with Gasteiger partial charge >= 0.3 is 5.69 Å². The van der Waals surface area contributed by atoms with Crippen LogP contribution in [0.4, 0.5) is 4.39 Å². The van der Waals surface area contributed by atoms with Crippen molar-refractivity contribution in [1.82, 2.24) is 9.97 Å². The van der Waals surface area contributed by atoms with Crippen LogP contribution in [-0.4, -0.2) is 9.97 Å². The predicted octanol–water partition coefficient (Wildman–Crippen LogP) is 1.01. The minimum Gasteiger partial charge on any atom is -0.305 e. The van der Waals surface area contributed by atoms with Crippen molar-refractivity contribution in [2.24, 2.45) is 0 Å². The molecule has 0 spiro atoms. The summed E-state index contributed by atoms with van der Waals surface area (Å²) in [6.07, 6.45) is 0. The number of aromatic amines is 2. The molecule has 1 aromatic heterocycles. The summed E-state index contributed by atoms with van der Waals surface area (Å²) in [5, 5.41) is -0.110. The van der Waals surface area contributed by atoms with Crippen LogP contribution in [0, 0.1) is 5.82 Å². The number of hydrogen-bond donors (Lipinski definition) is 2. The highest BCUT2D eigenvalue weighted by Crippen LogP contribution is 2.20. The molecule has 2 N–H and O–H groups in total. The third kappa shape index (κ3) is 1.22. The van der Waals surface area contributed by atoms with Crippen molar-refractivity contribution in [1.29, 1.82) is 0 Å². The van der Waals surface area contributed by atoms with Gasteiger partial charge in [-0.2, -0.15) is 0 Å². The molecule has 0 fully saturated rings. The van der Waals surface area contributed by atoms with Gasteiger partial charge in [0, 0.05) is 0 Å². The maximum atomic E-state index is 12.9. The van der Waals surface area contributed by atoms with Crippen LogP contribution in [0.5, 0.6) is 0 Å². The number of hydrogen-bond acceptors (Lipinski definition) is 2. The lowest BCUT2D eigenvalue weighted by molar-refractivity contribution is 0.629. The molecule has 14 heavy (non-hydrogen) atoms. The fourth-order valence-electron chi connectivity index (χ4n) is 1.18. The van der Waals surface area contributed by atoms with Gasteiger partial charge in [0.05, 0.1) is 10.9 Å². The van der Waals surface area contributed by atoms with Gasteiger partial charge in [0.15, 0.2) is 0 Å². The molecule has 0 saturated carbocycles. The highest BCUT2D eigenvalue weighted by molar-refractivity contribution is 6.35. The van der Waals surface area contributed by atoms with E-state index in [0.717, 1.165) is 6.07 Å². The van der Waals surface area contributed by atoms with E-state index in [4.69, 9.17) is 11.6 Å². The van der Waals surface area contributed by atoms with Crippen molar-refractivity contribution in [3.05, 3.63) is 43.8 Å². The Morgan fingerprint density at radius 1 is 1.21 bits per heavy atom. The molecule has 2 rings (SSSR count). The van der Waals surface area contributed by atoms with Crippen molar-refractivity contribution in [3.63, 3.8) is 0 Å². The summed E-state index contributed by atoms with van der Waals surface area (Å²) in [7, 11) is 0. The first kappa shape index (κ1) is 8.96. The molecule has 0 aliphatic heterocycles. The molecule has 0 saturated heterocycles. The predicted molar refractivity (Wildman–Crippen MR) is 50.2 cm³/mol. The van der Waals surface area contributed by atoms with Crippen molar-refractivity contribution >= 4 is 22.5 Å². The van der Waals surface area contributed by atoms with E-state index in [2.05, 4.69) is 4.98 Å². The zero-order chi connectivity index (χ0) is 10.3. The minimum absolute atomic E-state index is 0.0143. The zero-order valence-electron chi connectivity index (χ0n) is 6.73. The summed E-state index contributed by atoms with van der Waals surface area (Å²) in [5.74, 6) is -0.680. The van der Waals surface area contributed by atoms with Gasteiger partial charge < -0.3 is 4.98 Å². The average molecular weight is 215 g/mol. The van der Waals surface area contributed by atoms with Gasteiger partial charge in [0.2, 0.25) is 0 Å². The van der Waals surface area contributed by atoms with Crippen molar-refractivity contribution in [3.8, 4) is 0 Å². The summed E-state index contributed by atoms with van der Waals surface area (Å²) in [4.78, 5) is 26.4. The van der Waals surface area contributed by atoms with Crippen LogP contribution in [0.2, 0.25) is 5.02 Å². The lowest BCUT2D eigenvalue weighted by Crippen LogP contribution is -2.22. The van der Waals surface area contributed by atoms with E-state index < -0.39 is 17.1 Å². The number of fused-ring (bicyclic) bond motifs is 1. The molecule has 0 unspecified atom stereocenters. The second-order valence-electron chi connectivity index (χ2n) is 2.69. The molecule has 0 bridgehead atoms. The average Bonchev–Trinajstić information content (AvgIpc) is 2.12. The lowest BCUT2D eigenvalue weighted by atomic mass is 10.2. The Kier molecular flexibility index (Phi) is 1.89. The molecule has 6 heteroatoms. The first-order valence-electron chi connectivity index (χ1n) is 3.70. The Labute approximate surface area is 81.3 Å². The molecule has 0 aliphatic carbocycles. The van der Waals surface area contributed by atoms with Crippen molar-refractivity contribution < 1.29 is 4.39 Å². The second kappa shape index (κ2) is 2.95. The fraction of sp³-hybridized carbons (Fsp3) is 0. The summed E-state index contributed by atoms with van der Waals surface area (Å²) < 4.78 is 12.9. The number of halogens is 2. The number of nitrogens with one attached hydrogen (secondary N) is 2. The number of benzene rings is 1. The Hall–Kier alpha value is -1.62. The van der Waals surface area contributed by atoms with Crippen LogP contribution in [0.25, 0.3) is 10.9 Å². The van der Waals surface area contributed by atoms with E-state index >= 15 is 0 Å². The van der Waals surface area contributed by atoms with Crippen LogP contribution in [-0.2, 0) is 0 Å². The van der Waals surface area contributed by atoms with Crippen LogP contribution < -0.4 is 11.2 Å². The molecule has 1 aromatic carbocycles. The van der Waals surface area contributed by atoms with E-state index in [1.807, 2.05) is 4.98 Å². The molecule has 72 valence electrons. The first-order chi connectivity index (χ1) is 6.59. The van der Waals surface area contributed by atoms with Gasteiger partial charge in [-0.1, -0.05) is 11.6 Å². The Morgan fingerprint density at radius 3 is 2.64 bits per heavy atom. The molecule has 0 aliphatic rings. The van der Waals surface area contributed by atoms with Gasteiger partial charge in [0.25, 0.3) is 5.56 Å². The monoisotopic (exact) mass is 214 g/mol. The largest absolute Gasteiger partial charge is 0.326 e. The van der Waals surface area contributed by atoms with E-state index in [1.54, 1.807) is 0 Å². The maximum absolute atomic E-state index is 12.9. The molecule has 4 nitrogen and oxygen atoms in total. The summed E-state index contributed by atoms with van der Waals surface area (Å²) >= 11 is 5.57. The lowest BCUT2D eigenvalue weighted by Gasteiger charge is -1.99. The Balaban J connectivity index is 3.10. The van der Waals surface area contributed by atoms with E-state index in [0.29, 0.717) is 0 Å². The van der Waals surface area contributed by atoms with E-state index in [1.165, 1.54) is 6.07 Å². The molecule has 0 amide bonds. The van der Waals surface area contributed by atoms with Gasteiger partial charge in [-0.15, -0.1) is 0 Å². The standard InChI is InChI=1S/C8H4ClFN2O2/c9-5-4(10)2-1-3-6(5)11-8(14)12-7(3)13/h1-2H,(H2,11,12,13,14).